The maximum Gasteiger partial charge on any atom is 0.0647 e. The van der Waals surface area contributed by atoms with Crippen molar-refractivity contribution < 1.29 is 0 Å². The van der Waals surface area contributed by atoms with Gasteiger partial charge in [0.05, 0.1) is 11.4 Å². The third kappa shape index (κ3) is 3.94. The summed E-state index contributed by atoms with van der Waals surface area (Å²) in [4.78, 5) is 2.51. The van der Waals surface area contributed by atoms with Crippen LogP contribution in [0.3, 0.4) is 0 Å². The quantitative estimate of drug-likeness (QED) is 0.887. The first-order valence-corrected chi connectivity index (χ1v) is 10.1. The molecular weight excluding hydrogens is 322 g/mol. The molecule has 140 valence electrons. The molecule has 5 heteroatoms. The van der Waals surface area contributed by atoms with Gasteiger partial charge < -0.3 is 16.0 Å². The predicted octanol–water partition coefficient (Wildman–Crippen LogP) is 3.01. The van der Waals surface area contributed by atoms with E-state index in [4.69, 9.17) is 5.73 Å². The topological polar surface area (TPSA) is 59.1 Å². The molecule has 2 aliphatic rings. The summed E-state index contributed by atoms with van der Waals surface area (Å²) in [5.41, 5.74) is 9.79. The van der Waals surface area contributed by atoms with Crippen molar-refractivity contribution in [1.82, 2.24) is 15.1 Å². The van der Waals surface area contributed by atoms with E-state index in [1.165, 1.54) is 44.2 Å². The summed E-state index contributed by atoms with van der Waals surface area (Å²) in [7, 11) is 0. The lowest BCUT2D eigenvalue weighted by Gasteiger charge is -2.39. The molecule has 1 saturated carbocycles. The summed E-state index contributed by atoms with van der Waals surface area (Å²) in [5, 5.41) is 8.35. The molecular formula is C21H31N5. The molecule has 1 saturated heterocycles. The molecule has 0 radical (unpaired) electrons. The van der Waals surface area contributed by atoms with Crippen molar-refractivity contribution in [2.24, 2.45) is 5.73 Å². The van der Waals surface area contributed by atoms with E-state index in [1.807, 2.05) is 23.9 Å². The maximum absolute atomic E-state index is 6.33. The minimum absolute atomic E-state index is 0.330. The Bertz CT molecular complexity index is 707. The largest absolute Gasteiger partial charge is 0.370 e. The Kier molecular flexibility index (Phi) is 5.27. The van der Waals surface area contributed by atoms with Gasteiger partial charge >= 0.3 is 0 Å². The minimum atomic E-state index is 0.330. The van der Waals surface area contributed by atoms with Crippen LogP contribution in [0.2, 0.25) is 0 Å². The number of anilines is 1. The number of rotatable bonds is 4. The van der Waals surface area contributed by atoms with Gasteiger partial charge in [-0.15, -0.1) is 0 Å². The number of aryl methyl sites for hydroxylation is 1. The van der Waals surface area contributed by atoms with Crippen molar-refractivity contribution in [3.05, 3.63) is 42.2 Å². The molecule has 0 amide bonds. The van der Waals surface area contributed by atoms with E-state index in [9.17, 15) is 0 Å². The van der Waals surface area contributed by atoms with Gasteiger partial charge in [0, 0.05) is 43.1 Å². The van der Waals surface area contributed by atoms with Gasteiger partial charge in [0.2, 0.25) is 0 Å². The predicted molar refractivity (Wildman–Crippen MR) is 107 cm³/mol. The van der Waals surface area contributed by atoms with Crippen LogP contribution in [0.5, 0.6) is 0 Å². The van der Waals surface area contributed by atoms with Crippen LogP contribution in [-0.4, -0.2) is 41.0 Å². The van der Waals surface area contributed by atoms with E-state index >= 15 is 0 Å². The number of hydrogen-bond donors (Lipinski definition) is 2. The van der Waals surface area contributed by atoms with E-state index in [0.29, 0.717) is 18.1 Å². The monoisotopic (exact) mass is 353 g/mol. The lowest BCUT2D eigenvalue weighted by atomic mass is 9.89. The number of hydrogen-bond acceptors (Lipinski definition) is 4. The molecule has 1 aromatic carbocycles. The highest BCUT2D eigenvalue weighted by Gasteiger charge is 2.27. The van der Waals surface area contributed by atoms with Crippen LogP contribution in [0.1, 0.15) is 44.2 Å². The van der Waals surface area contributed by atoms with Crippen LogP contribution < -0.4 is 16.0 Å². The zero-order valence-corrected chi connectivity index (χ0v) is 15.8. The molecule has 0 bridgehead atoms. The average molecular weight is 354 g/mol. The standard InChI is InChI=1S/C21H31N5/c1-16-12-14-26(24-16)19-10-8-18(9-11-19)25-13-4-5-17(15-25)23-21-7-3-2-6-20(21)22/h8-12,14,17,20-21,23H,2-7,13,15,22H2,1H3. The molecule has 5 nitrogen and oxygen atoms in total. The third-order valence-electron chi connectivity index (χ3n) is 5.89. The molecule has 4 rings (SSSR count). The fourth-order valence-electron chi connectivity index (χ4n) is 4.39. The Morgan fingerprint density at radius 1 is 1.00 bits per heavy atom. The molecule has 2 fully saturated rings. The van der Waals surface area contributed by atoms with E-state index in [-0.39, 0.29) is 0 Å². The second-order valence-corrected chi connectivity index (χ2v) is 7.92. The highest BCUT2D eigenvalue weighted by Crippen LogP contribution is 2.23. The highest BCUT2D eigenvalue weighted by atomic mass is 15.3. The summed E-state index contributed by atoms with van der Waals surface area (Å²) in [6, 6.07) is 12.2. The Morgan fingerprint density at radius 2 is 1.77 bits per heavy atom. The first-order chi connectivity index (χ1) is 12.7. The lowest BCUT2D eigenvalue weighted by Crippen LogP contribution is -2.55. The first kappa shape index (κ1) is 17.6. The van der Waals surface area contributed by atoms with Gasteiger partial charge in [-0.1, -0.05) is 12.8 Å². The van der Waals surface area contributed by atoms with Crippen LogP contribution in [0, 0.1) is 6.92 Å². The molecule has 1 aliphatic carbocycles. The van der Waals surface area contributed by atoms with Crippen LogP contribution >= 0.6 is 0 Å². The number of piperidine rings is 1. The van der Waals surface area contributed by atoms with Gasteiger partial charge in [0.25, 0.3) is 0 Å². The summed E-state index contributed by atoms with van der Waals surface area (Å²) in [6.45, 7) is 4.22. The van der Waals surface area contributed by atoms with Gasteiger partial charge in [-0.25, -0.2) is 4.68 Å². The zero-order valence-electron chi connectivity index (χ0n) is 15.8. The normalized spacial score (nSPS) is 26.8. The van der Waals surface area contributed by atoms with Crippen molar-refractivity contribution in [3.63, 3.8) is 0 Å². The molecule has 3 N–H and O–H groups in total. The Balaban J connectivity index is 1.39. The molecule has 26 heavy (non-hydrogen) atoms. The summed E-state index contributed by atoms with van der Waals surface area (Å²) in [5.74, 6) is 0. The molecule has 3 unspecified atom stereocenters. The van der Waals surface area contributed by atoms with Crippen molar-refractivity contribution in [1.29, 1.82) is 0 Å². The maximum atomic E-state index is 6.33. The molecule has 2 heterocycles. The van der Waals surface area contributed by atoms with Gasteiger partial charge in [-0.3, -0.25) is 0 Å². The van der Waals surface area contributed by atoms with Gasteiger partial charge in [0.1, 0.15) is 0 Å². The smallest absolute Gasteiger partial charge is 0.0647 e. The van der Waals surface area contributed by atoms with Crippen LogP contribution in [-0.2, 0) is 0 Å². The highest BCUT2D eigenvalue weighted by molar-refractivity contribution is 5.51. The molecule has 3 atom stereocenters. The number of nitrogens with one attached hydrogen (secondary N) is 1. The van der Waals surface area contributed by atoms with E-state index < -0.39 is 0 Å². The number of aromatic nitrogens is 2. The zero-order chi connectivity index (χ0) is 17.9. The number of nitrogens with two attached hydrogens (primary N) is 1. The second-order valence-electron chi connectivity index (χ2n) is 7.92. The Morgan fingerprint density at radius 3 is 2.50 bits per heavy atom. The minimum Gasteiger partial charge on any atom is -0.370 e. The van der Waals surface area contributed by atoms with E-state index in [1.54, 1.807) is 0 Å². The molecule has 0 spiro atoms. The fourth-order valence-corrected chi connectivity index (χ4v) is 4.39. The van der Waals surface area contributed by atoms with Crippen molar-refractivity contribution in [2.45, 2.75) is 63.6 Å². The number of nitrogens with zero attached hydrogens (tertiary/aromatic N) is 3. The van der Waals surface area contributed by atoms with Gasteiger partial charge in [0.15, 0.2) is 0 Å². The Hall–Kier alpha value is -1.85. The average Bonchev–Trinajstić information content (AvgIpc) is 3.10. The molecule has 1 aromatic heterocycles. The molecule has 1 aliphatic heterocycles. The van der Waals surface area contributed by atoms with E-state index in [2.05, 4.69) is 39.6 Å². The van der Waals surface area contributed by atoms with Crippen LogP contribution in [0.4, 0.5) is 5.69 Å². The van der Waals surface area contributed by atoms with Gasteiger partial charge in [-0.2, -0.15) is 5.10 Å². The fraction of sp³-hybridized carbons (Fsp3) is 0.571. The van der Waals surface area contributed by atoms with Crippen molar-refractivity contribution in [2.75, 3.05) is 18.0 Å². The lowest BCUT2D eigenvalue weighted by molar-refractivity contribution is 0.282. The third-order valence-corrected chi connectivity index (χ3v) is 5.89. The summed E-state index contributed by atoms with van der Waals surface area (Å²) < 4.78 is 1.93. The molecule has 2 aromatic rings. The van der Waals surface area contributed by atoms with Crippen molar-refractivity contribution >= 4 is 5.69 Å². The first-order valence-electron chi connectivity index (χ1n) is 10.1. The summed E-state index contributed by atoms with van der Waals surface area (Å²) in [6.07, 6.45) is 9.51. The van der Waals surface area contributed by atoms with E-state index in [0.717, 1.165) is 24.5 Å². The van der Waals surface area contributed by atoms with Gasteiger partial charge in [-0.05, 0) is 62.9 Å². The Labute approximate surface area is 156 Å². The summed E-state index contributed by atoms with van der Waals surface area (Å²) >= 11 is 0. The number of benzene rings is 1. The second kappa shape index (κ2) is 7.80. The van der Waals surface area contributed by atoms with Crippen molar-refractivity contribution in [3.8, 4) is 5.69 Å². The SMILES string of the molecule is Cc1ccn(-c2ccc(N3CCCC(NC4CCCCC4N)C3)cc2)n1. The van der Waals surface area contributed by atoms with Crippen LogP contribution in [0.25, 0.3) is 5.69 Å². The van der Waals surface area contributed by atoms with Crippen LogP contribution in [0.15, 0.2) is 36.5 Å².